The highest BCUT2D eigenvalue weighted by Gasteiger charge is 3.00. The Morgan fingerprint density at radius 1 is 0.395 bits per heavy atom. The van der Waals surface area contributed by atoms with Crippen molar-refractivity contribution in [1.29, 1.82) is 0 Å². The number of ether oxygens (including phenoxy) is 1. The van der Waals surface area contributed by atoms with Gasteiger partial charge in [-0.1, -0.05) is 0 Å². The summed E-state index contributed by atoms with van der Waals surface area (Å²) in [6.45, 7) is -3.45. The van der Waals surface area contributed by atoms with Gasteiger partial charge in [0, 0.05) is 0 Å². The molecule has 43 heavy (non-hydrogen) atoms. The molecular formula is C13H3F25O4S. The lowest BCUT2D eigenvalue weighted by Gasteiger charge is -2.45. The Hall–Kier alpha value is -1.88. The van der Waals surface area contributed by atoms with Crippen LogP contribution in [0.15, 0.2) is 0 Å². The molecule has 0 unspecified atom stereocenters. The van der Waals surface area contributed by atoms with Gasteiger partial charge in [0.05, 0.1) is 0 Å². The molecule has 0 bridgehead atoms. The van der Waals surface area contributed by atoms with E-state index in [4.69, 9.17) is 4.55 Å². The maximum atomic E-state index is 13.6. The second kappa shape index (κ2) is 10.1. The highest BCUT2D eigenvalue weighted by Crippen LogP contribution is 2.67. The molecule has 0 radical (unpaired) electrons. The fraction of sp³-hybridized carbons (Fsp3) is 1.00. The van der Waals surface area contributed by atoms with E-state index in [0.29, 0.717) is 0 Å². The Bertz CT molecular complexity index is 1140. The first-order valence-corrected chi connectivity index (χ1v) is 10.2. The van der Waals surface area contributed by atoms with Crippen molar-refractivity contribution < 1.29 is 127 Å². The molecule has 0 spiro atoms. The molecule has 0 aromatic rings. The first kappa shape index (κ1) is 41.1. The van der Waals surface area contributed by atoms with E-state index in [1.807, 2.05) is 4.74 Å². The quantitative estimate of drug-likeness (QED) is 0.150. The van der Waals surface area contributed by atoms with E-state index in [1.54, 1.807) is 0 Å². The van der Waals surface area contributed by atoms with Crippen LogP contribution in [0.1, 0.15) is 0 Å². The molecule has 0 saturated carbocycles. The van der Waals surface area contributed by atoms with Crippen molar-refractivity contribution in [3.63, 3.8) is 0 Å². The predicted octanol–water partition coefficient (Wildman–Crippen LogP) is 7.36. The van der Waals surface area contributed by atoms with Gasteiger partial charge in [-0.3, -0.25) is 9.29 Å². The predicted molar refractivity (Wildman–Crippen MR) is 78.0 cm³/mol. The standard InChI is InChI=1S/C13H3F25O4S/c14-1-42-12(35,36)10(31,32)8(27,28)6(23,24)4(19,20)2(15,16)3(17,18)5(21,22)7(25,26)9(29,30)11(33,34)13(37,38)43(39,40)41/h1H2,(H,39,40,41). The Labute approximate surface area is 216 Å². The van der Waals surface area contributed by atoms with Crippen LogP contribution in [0.4, 0.5) is 110 Å². The number of hydrogen-bond acceptors (Lipinski definition) is 3. The Balaban J connectivity index is 7.46. The van der Waals surface area contributed by atoms with Crippen molar-refractivity contribution in [1.82, 2.24) is 0 Å². The molecule has 0 aliphatic rings. The molecule has 260 valence electrons. The van der Waals surface area contributed by atoms with Crippen LogP contribution in [0.5, 0.6) is 0 Å². The zero-order valence-electron chi connectivity index (χ0n) is 18.2. The van der Waals surface area contributed by atoms with Gasteiger partial charge in [0.2, 0.25) is 0 Å². The van der Waals surface area contributed by atoms with Gasteiger partial charge < -0.3 is 0 Å². The van der Waals surface area contributed by atoms with Gasteiger partial charge in [-0.25, -0.2) is 4.39 Å². The van der Waals surface area contributed by atoms with Crippen molar-refractivity contribution in [3.8, 4) is 0 Å². The van der Waals surface area contributed by atoms with Crippen molar-refractivity contribution in [2.75, 3.05) is 6.86 Å². The van der Waals surface area contributed by atoms with Crippen LogP contribution in [-0.4, -0.2) is 90.4 Å². The van der Waals surface area contributed by atoms with Crippen LogP contribution >= 0.6 is 0 Å². The zero-order valence-corrected chi connectivity index (χ0v) is 19.1. The summed E-state index contributed by atoms with van der Waals surface area (Å²) in [5.41, 5.74) is 0. The summed E-state index contributed by atoms with van der Waals surface area (Å²) in [4.78, 5) is 0. The monoisotopic (exact) mass is 730 g/mol. The second-order valence-electron chi connectivity index (χ2n) is 7.51. The highest BCUT2D eigenvalue weighted by atomic mass is 32.2. The summed E-state index contributed by atoms with van der Waals surface area (Å²) in [5, 5.41) is -8.22. The molecular weight excluding hydrogens is 727 g/mol. The second-order valence-corrected chi connectivity index (χ2v) is 8.97. The van der Waals surface area contributed by atoms with Crippen LogP contribution in [-0.2, 0) is 14.9 Å². The van der Waals surface area contributed by atoms with Gasteiger partial charge in [-0.05, 0) is 0 Å². The van der Waals surface area contributed by atoms with Crippen LogP contribution < -0.4 is 0 Å². The molecule has 0 aliphatic heterocycles. The Kier molecular flexibility index (Phi) is 9.62. The molecule has 1 N–H and O–H groups in total. The minimum Gasteiger partial charge on any atom is -0.283 e. The smallest absolute Gasteiger partial charge is 0.283 e. The van der Waals surface area contributed by atoms with Crippen LogP contribution in [0.25, 0.3) is 0 Å². The summed E-state index contributed by atoms with van der Waals surface area (Å²) in [5.74, 6) is -93.6. The summed E-state index contributed by atoms with van der Waals surface area (Å²) in [7, 11) is -8.25. The van der Waals surface area contributed by atoms with E-state index in [1.165, 1.54) is 0 Å². The van der Waals surface area contributed by atoms with E-state index in [-0.39, 0.29) is 0 Å². The van der Waals surface area contributed by atoms with Crippen molar-refractivity contribution in [2.24, 2.45) is 0 Å². The molecule has 0 aromatic carbocycles. The number of hydrogen-bond donors (Lipinski definition) is 1. The average molecular weight is 730 g/mol. The van der Waals surface area contributed by atoms with E-state index in [2.05, 4.69) is 0 Å². The fourth-order valence-electron chi connectivity index (χ4n) is 2.26. The van der Waals surface area contributed by atoms with Crippen LogP contribution in [0.2, 0.25) is 0 Å². The maximum Gasteiger partial charge on any atom is 0.438 e. The van der Waals surface area contributed by atoms with Gasteiger partial charge in [0.25, 0.3) is 0 Å². The molecule has 30 heteroatoms. The summed E-state index contributed by atoms with van der Waals surface area (Å²) >= 11 is 0. The highest BCUT2D eigenvalue weighted by molar-refractivity contribution is 7.87. The van der Waals surface area contributed by atoms with E-state index < -0.39 is 87.6 Å². The van der Waals surface area contributed by atoms with Gasteiger partial charge in [-0.15, -0.1) is 0 Å². The summed E-state index contributed by atoms with van der Waals surface area (Å²) in [6.07, 6.45) is -7.55. The number of halogens is 25. The lowest BCUT2D eigenvalue weighted by atomic mass is 9.85. The van der Waals surface area contributed by atoms with Gasteiger partial charge in [-0.2, -0.15) is 114 Å². The zero-order chi connectivity index (χ0) is 35.9. The summed E-state index contributed by atoms with van der Waals surface area (Å²) < 4.78 is 362. The van der Waals surface area contributed by atoms with Crippen LogP contribution in [0.3, 0.4) is 0 Å². The van der Waals surface area contributed by atoms with Crippen LogP contribution in [0, 0.1) is 0 Å². The number of rotatable bonds is 14. The van der Waals surface area contributed by atoms with Gasteiger partial charge in [0.1, 0.15) is 0 Å². The number of alkyl halides is 25. The first-order chi connectivity index (χ1) is 18.1. The van der Waals surface area contributed by atoms with E-state index in [9.17, 15) is 118 Å². The molecule has 0 heterocycles. The molecule has 0 atom stereocenters. The minimum atomic E-state index is -9.76. The van der Waals surface area contributed by atoms with Gasteiger partial charge in [0.15, 0.2) is 6.86 Å². The SMILES string of the molecule is O=S(=O)(O)C(F)(F)C(F)(F)C(F)(F)C(F)(F)C(F)(F)C(F)(F)C(F)(F)C(F)(F)C(F)(F)C(F)(F)C(F)(F)C(F)(F)OCF. The van der Waals surface area contributed by atoms with Crippen molar-refractivity contribution in [3.05, 3.63) is 0 Å². The lowest BCUT2D eigenvalue weighted by molar-refractivity contribution is -0.487. The third-order valence-corrected chi connectivity index (χ3v) is 5.74. The normalized spacial score (nSPS) is 17.0. The fourth-order valence-corrected chi connectivity index (χ4v) is 2.72. The topological polar surface area (TPSA) is 63.6 Å². The van der Waals surface area contributed by atoms with Gasteiger partial charge >= 0.3 is 80.7 Å². The molecule has 0 fully saturated rings. The molecule has 0 rings (SSSR count). The van der Waals surface area contributed by atoms with Crippen molar-refractivity contribution in [2.45, 2.75) is 70.6 Å². The van der Waals surface area contributed by atoms with Crippen molar-refractivity contribution >= 4 is 10.1 Å². The Morgan fingerprint density at radius 2 is 0.581 bits per heavy atom. The Morgan fingerprint density at radius 3 is 0.767 bits per heavy atom. The third-order valence-electron chi connectivity index (χ3n) is 4.84. The van der Waals surface area contributed by atoms with E-state index >= 15 is 0 Å². The molecule has 0 aliphatic carbocycles. The molecule has 0 aromatic heterocycles. The third kappa shape index (κ3) is 4.81. The molecule has 4 nitrogen and oxygen atoms in total. The molecule has 0 amide bonds. The minimum absolute atomic E-state index is 1.82. The maximum absolute atomic E-state index is 13.6. The largest absolute Gasteiger partial charge is 0.438 e. The average Bonchev–Trinajstić information content (AvgIpc) is 2.76. The first-order valence-electron chi connectivity index (χ1n) is 8.77. The lowest BCUT2D eigenvalue weighted by Crippen LogP contribution is -2.78. The molecule has 0 saturated heterocycles. The summed E-state index contributed by atoms with van der Waals surface area (Å²) in [6, 6.07) is 0. The van der Waals surface area contributed by atoms with E-state index in [0.717, 1.165) is 0 Å².